The maximum absolute atomic E-state index is 11.0. The van der Waals surface area contributed by atoms with E-state index in [1.807, 2.05) is 0 Å². The van der Waals surface area contributed by atoms with E-state index in [1.165, 1.54) is 0 Å². The third-order valence-electron chi connectivity index (χ3n) is 1.74. The van der Waals surface area contributed by atoms with Gasteiger partial charge >= 0.3 is 5.97 Å². The number of ether oxygens (including phenoxy) is 1. The summed E-state index contributed by atoms with van der Waals surface area (Å²) in [5, 5.41) is 19.9. The molecule has 6 nitrogen and oxygen atoms in total. The molecule has 6 heteroatoms. The zero-order valence-electron chi connectivity index (χ0n) is 7.06. The van der Waals surface area contributed by atoms with E-state index >= 15 is 0 Å². The second kappa shape index (κ2) is 3.71. The summed E-state index contributed by atoms with van der Waals surface area (Å²) >= 11 is 0. The van der Waals surface area contributed by atoms with Crippen molar-refractivity contribution in [2.75, 3.05) is 6.54 Å². The largest absolute Gasteiger partial charge is 0.479 e. The van der Waals surface area contributed by atoms with Gasteiger partial charge in [0.25, 0.3) is 5.91 Å². The summed E-state index contributed by atoms with van der Waals surface area (Å²) in [6.07, 6.45) is -3.39. The standard InChI is InChI=1S/C7H11NO5/c1-3-2-8-6(10)5(13-3)4(9)7(11)12/h3-5,9H,2H2,1H3,(H,8,10)(H,11,12)/t3-,4?,5+/m0/s1. The molecule has 0 radical (unpaired) electrons. The molecule has 0 aromatic rings. The van der Waals surface area contributed by atoms with E-state index in [-0.39, 0.29) is 6.10 Å². The number of hydrogen-bond acceptors (Lipinski definition) is 4. The number of carbonyl (C=O) groups excluding carboxylic acids is 1. The topological polar surface area (TPSA) is 95.9 Å². The number of nitrogens with one attached hydrogen (secondary N) is 1. The molecular weight excluding hydrogens is 178 g/mol. The van der Waals surface area contributed by atoms with E-state index < -0.39 is 24.1 Å². The van der Waals surface area contributed by atoms with E-state index in [0.29, 0.717) is 6.54 Å². The second-order valence-corrected chi connectivity index (χ2v) is 2.90. The van der Waals surface area contributed by atoms with Crippen molar-refractivity contribution in [2.24, 2.45) is 0 Å². The fraction of sp³-hybridized carbons (Fsp3) is 0.714. The molecule has 1 amide bonds. The van der Waals surface area contributed by atoms with Crippen molar-refractivity contribution in [2.45, 2.75) is 25.2 Å². The van der Waals surface area contributed by atoms with E-state index in [0.717, 1.165) is 0 Å². The molecule has 0 aliphatic carbocycles. The number of rotatable bonds is 2. The summed E-state index contributed by atoms with van der Waals surface area (Å²) in [6.45, 7) is 2.02. The number of aliphatic hydroxyl groups excluding tert-OH is 1. The molecule has 0 aromatic carbocycles. The van der Waals surface area contributed by atoms with Crippen molar-refractivity contribution in [1.29, 1.82) is 0 Å². The van der Waals surface area contributed by atoms with Gasteiger partial charge in [-0.2, -0.15) is 0 Å². The number of carbonyl (C=O) groups is 2. The van der Waals surface area contributed by atoms with E-state index in [4.69, 9.17) is 14.9 Å². The minimum Gasteiger partial charge on any atom is -0.479 e. The van der Waals surface area contributed by atoms with Crippen LogP contribution >= 0.6 is 0 Å². The quantitative estimate of drug-likeness (QED) is 0.483. The lowest BCUT2D eigenvalue weighted by Crippen LogP contribution is -2.55. The normalized spacial score (nSPS) is 30.8. The van der Waals surface area contributed by atoms with E-state index in [1.54, 1.807) is 6.92 Å². The number of aliphatic carboxylic acids is 1. The summed E-state index contributed by atoms with van der Waals surface area (Å²) in [7, 11) is 0. The van der Waals surface area contributed by atoms with Crippen LogP contribution in [0.5, 0.6) is 0 Å². The summed E-state index contributed by atoms with van der Waals surface area (Å²) in [5.74, 6) is -2.05. The van der Waals surface area contributed by atoms with Crippen LogP contribution in [0.15, 0.2) is 0 Å². The molecule has 1 heterocycles. The maximum Gasteiger partial charge on any atom is 0.335 e. The Morgan fingerprint density at radius 1 is 1.77 bits per heavy atom. The molecule has 1 saturated heterocycles. The predicted molar refractivity (Wildman–Crippen MR) is 41.0 cm³/mol. The molecule has 0 bridgehead atoms. The number of morpholine rings is 1. The molecule has 0 spiro atoms. The molecule has 3 atom stereocenters. The third kappa shape index (κ3) is 2.16. The minimum atomic E-state index is -1.80. The molecular formula is C7H11NO5. The Kier molecular flexibility index (Phi) is 2.84. The third-order valence-corrected chi connectivity index (χ3v) is 1.74. The molecule has 1 aliphatic rings. The van der Waals surface area contributed by atoms with Crippen molar-refractivity contribution in [3.05, 3.63) is 0 Å². The molecule has 74 valence electrons. The highest BCUT2D eigenvalue weighted by Gasteiger charge is 2.37. The van der Waals surface area contributed by atoms with Crippen molar-refractivity contribution in [3.63, 3.8) is 0 Å². The van der Waals surface area contributed by atoms with Crippen LogP contribution < -0.4 is 5.32 Å². The molecule has 1 aliphatic heterocycles. The number of amides is 1. The fourth-order valence-electron chi connectivity index (χ4n) is 1.05. The highest BCUT2D eigenvalue weighted by molar-refractivity contribution is 5.88. The van der Waals surface area contributed by atoms with Gasteiger partial charge < -0.3 is 20.3 Å². The SMILES string of the molecule is C[C@H]1CNC(=O)[C@@H](C(O)C(=O)O)O1. The lowest BCUT2D eigenvalue weighted by atomic mass is 10.1. The molecule has 13 heavy (non-hydrogen) atoms. The van der Waals surface area contributed by atoms with Gasteiger partial charge in [-0.25, -0.2) is 4.79 Å². The minimum absolute atomic E-state index is 0.281. The summed E-state index contributed by atoms with van der Waals surface area (Å²) < 4.78 is 4.98. The van der Waals surface area contributed by atoms with Gasteiger partial charge in [-0.05, 0) is 6.92 Å². The smallest absolute Gasteiger partial charge is 0.335 e. The maximum atomic E-state index is 11.0. The molecule has 0 aromatic heterocycles. The zero-order valence-corrected chi connectivity index (χ0v) is 7.06. The molecule has 1 fully saturated rings. The first kappa shape index (κ1) is 9.94. The fourth-order valence-corrected chi connectivity index (χ4v) is 1.05. The first-order chi connectivity index (χ1) is 6.02. The summed E-state index contributed by atoms with van der Waals surface area (Å²) in [5.41, 5.74) is 0. The number of carboxylic acid groups (broad SMARTS) is 1. The highest BCUT2D eigenvalue weighted by Crippen LogP contribution is 2.08. The molecule has 1 rings (SSSR count). The van der Waals surface area contributed by atoms with Gasteiger partial charge in [0, 0.05) is 6.54 Å². The van der Waals surface area contributed by atoms with Crippen molar-refractivity contribution < 1.29 is 24.5 Å². The predicted octanol–water partition coefficient (Wildman–Crippen LogP) is -1.66. The molecule has 0 saturated carbocycles. The van der Waals surface area contributed by atoms with Crippen LogP contribution in [0.4, 0.5) is 0 Å². The average Bonchev–Trinajstić information content (AvgIpc) is 2.08. The van der Waals surface area contributed by atoms with Crippen LogP contribution in [0, 0.1) is 0 Å². The Morgan fingerprint density at radius 2 is 2.38 bits per heavy atom. The highest BCUT2D eigenvalue weighted by atomic mass is 16.5. The van der Waals surface area contributed by atoms with Gasteiger partial charge in [-0.1, -0.05) is 0 Å². The summed E-state index contributed by atoms with van der Waals surface area (Å²) in [4.78, 5) is 21.4. The van der Waals surface area contributed by atoms with Crippen molar-refractivity contribution >= 4 is 11.9 Å². The first-order valence-electron chi connectivity index (χ1n) is 3.86. The lowest BCUT2D eigenvalue weighted by Gasteiger charge is -2.28. The molecule has 3 N–H and O–H groups in total. The van der Waals surface area contributed by atoms with Gasteiger partial charge in [0.1, 0.15) is 0 Å². The van der Waals surface area contributed by atoms with Crippen LogP contribution in [-0.4, -0.2) is 46.9 Å². The van der Waals surface area contributed by atoms with E-state index in [2.05, 4.69) is 5.32 Å². The second-order valence-electron chi connectivity index (χ2n) is 2.90. The van der Waals surface area contributed by atoms with Gasteiger partial charge in [0.15, 0.2) is 12.2 Å². The number of hydrogen-bond donors (Lipinski definition) is 3. The van der Waals surface area contributed by atoms with Crippen LogP contribution in [0.3, 0.4) is 0 Å². The Morgan fingerprint density at radius 3 is 2.92 bits per heavy atom. The molecule has 1 unspecified atom stereocenters. The Balaban J connectivity index is 2.65. The number of aliphatic hydroxyl groups is 1. The van der Waals surface area contributed by atoms with E-state index in [9.17, 15) is 9.59 Å². The van der Waals surface area contributed by atoms with Gasteiger partial charge in [-0.3, -0.25) is 4.79 Å². The summed E-state index contributed by atoms with van der Waals surface area (Å²) in [6, 6.07) is 0. The lowest BCUT2D eigenvalue weighted by molar-refractivity contribution is -0.170. The van der Waals surface area contributed by atoms with Crippen LogP contribution in [0.25, 0.3) is 0 Å². The van der Waals surface area contributed by atoms with Crippen LogP contribution in [0.1, 0.15) is 6.92 Å². The number of carboxylic acids is 1. The zero-order chi connectivity index (χ0) is 10.0. The average molecular weight is 189 g/mol. The van der Waals surface area contributed by atoms with Gasteiger partial charge in [0.2, 0.25) is 0 Å². The monoisotopic (exact) mass is 189 g/mol. The first-order valence-corrected chi connectivity index (χ1v) is 3.86. The van der Waals surface area contributed by atoms with Crippen molar-refractivity contribution in [3.8, 4) is 0 Å². The van der Waals surface area contributed by atoms with Crippen LogP contribution in [0.2, 0.25) is 0 Å². The Bertz CT molecular complexity index is 229. The Hall–Kier alpha value is -1.14. The van der Waals surface area contributed by atoms with Crippen LogP contribution in [-0.2, 0) is 14.3 Å². The Labute approximate surface area is 74.5 Å². The van der Waals surface area contributed by atoms with Gasteiger partial charge in [-0.15, -0.1) is 0 Å². The van der Waals surface area contributed by atoms with Gasteiger partial charge in [0.05, 0.1) is 6.10 Å². The van der Waals surface area contributed by atoms with Crippen molar-refractivity contribution in [1.82, 2.24) is 5.32 Å².